The fourth-order valence-electron chi connectivity index (χ4n) is 3.10. The second-order valence-corrected chi connectivity index (χ2v) is 5.98. The number of piperazine rings is 1. The van der Waals surface area contributed by atoms with Crippen LogP contribution in [-0.2, 0) is 4.79 Å². The Morgan fingerprint density at radius 1 is 1.19 bits per heavy atom. The van der Waals surface area contributed by atoms with Crippen molar-refractivity contribution in [3.8, 4) is 0 Å². The smallest absolute Gasteiger partial charge is 0.223 e. The van der Waals surface area contributed by atoms with Crippen LogP contribution in [0.3, 0.4) is 0 Å². The maximum Gasteiger partial charge on any atom is 0.223 e. The summed E-state index contributed by atoms with van der Waals surface area (Å²) in [6.07, 6.45) is 1.91. The minimum Gasteiger partial charge on any atom is -0.337 e. The van der Waals surface area contributed by atoms with E-state index in [4.69, 9.17) is 0 Å². The largest absolute Gasteiger partial charge is 0.337 e. The zero-order chi connectivity index (χ0) is 11.9. The molecule has 3 nitrogen and oxygen atoms in total. The van der Waals surface area contributed by atoms with Crippen LogP contribution >= 0.6 is 0 Å². The third-order valence-electron chi connectivity index (χ3n) is 3.85. The molecule has 0 saturated carbocycles. The highest BCUT2D eigenvalue weighted by atomic mass is 16.2. The molecule has 2 atom stereocenters. The SMILES string of the molecule is CC(C)CC(=O)N1C[C@H]2C[C@@H]1CN2C(C)C. The van der Waals surface area contributed by atoms with Gasteiger partial charge >= 0.3 is 0 Å². The molecule has 0 radical (unpaired) electrons. The maximum absolute atomic E-state index is 12.0. The molecule has 0 unspecified atom stereocenters. The monoisotopic (exact) mass is 224 g/mol. The number of carbonyl (C=O) groups is 1. The van der Waals surface area contributed by atoms with Gasteiger partial charge in [-0.25, -0.2) is 0 Å². The minimum absolute atomic E-state index is 0.367. The van der Waals surface area contributed by atoms with Gasteiger partial charge in [-0.2, -0.15) is 0 Å². The Balaban J connectivity index is 1.93. The average Bonchev–Trinajstić information content (AvgIpc) is 2.74. The van der Waals surface area contributed by atoms with Gasteiger partial charge in [0, 0.05) is 37.6 Å². The van der Waals surface area contributed by atoms with Gasteiger partial charge in [0.25, 0.3) is 0 Å². The van der Waals surface area contributed by atoms with Crippen LogP contribution in [0.1, 0.15) is 40.5 Å². The standard InChI is InChI=1S/C13H24N2O/c1-9(2)5-13(16)15-8-11-6-12(15)7-14(11)10(3)4/h9-12H,5-8H2,1-4H3/t11-,12-/m1/s1. The summed E-state index contributed by atoms with van der Waals surface area (Å²) < 4.78 is 0. The summed E-state index contributed by atoms with van der Waals surface area (Å²) in [5.41, 5.74) is 0. The molecular weight excluding hydrogens is 200 g/mol. The molecule has 2 rings (SSSR count). The molecule has 0 aromatic carbocycles. The third kappa shape index (κ3) is 2.10. The number of hydrogen-bond acceptors (Lipinski definition) is 2. The molecule has 2 fully saturated rings. The van der Waals surface area contributed by atoms with Gasteiger partial charge in [0.1, 0.15) is 0 Å². The molecule has 2 aliphatic heterocycles. The lowest BCUT2D eigenvalue weighted by atomic mass is 10.1. The minimum atomic E-state index is 0.367. The van der Waals surface area contributed by atoms with Gasteiger partial charge in [0.15, 0.2) is 0 Å². The van der Waals surface area contributed by atoms with Crippen molar-refractivity contribution in [2.75, 3.05) is 13.1 Å². The fraction of sp³-hybridized carbons (Fsp3) is 0.923. The first-order valence-corrected chi connectivity index (χ1v) is 6.54. The third-order valence-corrected chi connectivity index (χ3v) is 3.85. The Hall–Kier alpha value is -0.570. The Morgan fingerprint density at radius 3 is 2.31 bits per heavy atom. The Bertz CT molecular complexity index is 275. The Morgan fingerprint density at radius 2 is 1.88 bits per heavy atom. The van der Waals surface area contributed by atoms with Crippen LogP contribution in [-0.4, -0.2) is 46.9 Å². The molecule has 2 heterocycles. The van der Waals surface area contributed by atoms with Crippen LogP contribution in [0.25, 0.3) is 0 Å². The molecule has 0 aliphatic carbocycles. The predicted octanol–water partition coefficient (Wildman–Crippen LogP) is 1.73. The van der Waals surface area contributed by atoms with E-state index in [2.05, 4.69) is 37.5 Å². The maximum atomic E-state index is 12.0. The van der Waals surface area contributed by atoms with Crippen LogP contribution in [0.15, 0.2) is 0 Å². The summed E-state index contributed by atoms with van der Waals surface area (Å²) in [6, 6.07) is 1.75. The Kier molecular flexibility index (Phi) is 3.24. The number of nitrogens with zero attached hydrogens (tertiary/aromatic N) is 2. The summed E-state index contributed by atoms with van der Waals surface area (Å²) in [7, 11) is 0. The summed E-state index contributed by atoms with van der Waals surface area (Å²) >= 11 is 0. The molecule has 0 aromatic rings. The molecule has 16 heavy (non-hydrogen) atoms. The molecule has 2 aliphatic rings. The van der Waals surface area contributed by atoms with E-state index in [9.17, 15) is 4.79 Å². The van der Waals surface area contributed by atoms with Gasteiger partial charge in [-0.05, 0) is 26.2 Å². The molecule has 2 saturated heterocycles. The van der Waals surface area contributed by atoms with E-state index in [0.29, 0.717) is 36.4 Å². The normalized spacial score (nSPS) is 29.8. The quantitative estimate of drug-likeness (QED) is 0.729. The van der Waals surface area contributed by atoms with Crippen molar-refractivity contribution in [1.82, 2.24) is 9.80 Å². The fourth-order valence-corrected chi connectivity index (χ4v) is 3.10. The van der Waals surface area contributed by atoms with Crippen molar-refractivity contribution < 1.29 is 4.79 Å². The molecule has 0 spiro atoms. The molecule has 0 aromatic heterocycles. The van der Waals surface area contributed by atoms with E-state index < -0.39 is 0 Å². The molecule has 1 amide bonds. The zero-order valence-electron chi connectivity index (χ0n) is 10.9. The van der Waals surface area contributed by atoms with Crippen LogP contribution in [0.2, 0.25) is 0 Å². The molecule has 3 heteroatoms. The first-order valence-electron chi connectivity index (χ1n) is 6.54. The molecule has 2 bridgehead atoms. The van der Waals surface area contributed by atoms with E-state index in [1.807, 2.05) is 0 Å². The number of hydrogen-bond donors (Lipinski definition) is 0. The van der Waals surface area contributed by atoms with Gasteiger partial charge in [-0.1, -0.05) is 13.8 Å². The highest BCUT2D eigenvalue weighted by Crippen LogP contribution is 2.32. The van der Waals surface area contributed by atoms with Crippen LogP contribution in [0.5, 0.6) is 0 Å². The lowest BCUT2D eigenvalue weighted by Gasteiger charge is -2.36. The van der Waals surface area contributed by atoms with E-state index >= 15 is 0 Å². The molecule has 92 valence electrons. The summed E-state index contributed by atoms with van der Waals surface area (Å²) in [5, 5.41) is 0. The first kappa shape index (κ1) is 11.9. The predicted molar refractivity (Wildman–Crippen MR) is 65.2 cm³/mol. The summed E-state index contributed by atoms with van der Waals surface area (Å²) in [4.78, 5) is 16.7. The van der Waals surface area contributed by atoms with Crippen molar-refractivity contribution in [1.29, 1.82) is 0 Å². The van der Waals surface area contributed by atoms with Gasteiger partial charge in [-0.3, -0.25) is 9.69 Å². The summed E-state index contributed by atoms with van der Waals surface area (Å²) in [5.74, 6) is 0.846. The van der Waals surface area contributed by atoms with Gasteiger partial charge in [0.2, 0.25) is 5.91 Å². The molecule has 0 N–H and O–H groups in total. The van der Waals surface area contributed by atoms with Crippen LogP contribution in [0, 0.1) is 5.92 Å². The van der Waals surface area contributed by atoms with Crippen molar-refractivity contribution in [3.05, 3.63) is 0 Å². The van der Waals surface area contributed by atoms with Crippen molar-refractivity contribution >= 4 is 5.91 Å². The topological polar surface area (TPSA) is 23.6 Å². The van der Waals surface area contributed by atoms with E-state index in [1.54, 1.807) is 0 Å². The lowest BCUT2D eigenvalue weighted by Crippen LogP contribution is -2.50. The van der Waals surface area contributed by atoms with Gasteiger partial charge in [0.05, 0.1) is 0 Å². The second-order valence-electron chi connectivity index (χ2n) is 5.98. The zero-order valence-corrected chi connectivity index (χ0v) is 10.9. The highest BCUT2D eigenvalue weighted by molar-refractivity contribution is 5.77. The lowest BCUT2D eigenvalue weighted by molar-refractivity contribution is -0.134. The first-order chi connectivity index (χ1) is 7.49. The molecular formula is C13H24N2O. The van der Waals surface area contributed by atoms with Crippen LogP contribution in [0.4, 0.5) is 0 Å². The average molecular weight is 224 g/mol. The van der Waals surface area contributed by atoms with Gasteiger partial charge in [-0.15, -0.1) is 0 Å². The summed E-state index contributed by atoms with van der Waals surface area (Å²) in [6.45, 7) is 10.8. The van der Waals surface area contributed by atoms with Crippen molar-refractivity contribution in [3.63, 3.8) is 0 Å². The van der Waals surface area contributed by atoms with E-state index in [1.165, 1.54) is 6.42 Å². The number of rotatable bonds is 3. The Labute approximate surface area is 98.8 Å². The number of likely N-dealkylation sites (tertiary alicyclic amines) is 2. The van der Waals surface area contributed by atoms with Crippen LogP contribution < -0.4 is 0 Å². The van der Waals surface area contributed by atoms with Crippen molar-refractivity contribution in [2.45, 2.75) is 58.7 Å². The van der Waals surface area contributed by atoms with E-state index in [-0.39, 0.29) is 0 Å². The number of amides is 1. The number of carbonyl (C=O) groups excluding carboxylic acids is 1. The number of fused-ring (bicyclic) bond motifs is 2. The second kappa shape index (κ2) is 4.36. The van der Waals surface area contributed by atoms with Gasteiger partial charge < -0.3 is 4.90 Å². The van der Waals surface area contributed by atoms with E-state index in [0.717, 1.165) is 13.1 Å². The highest BCUT2D eigenvalue weighted by Gasteiger charge is 2.45. The van der Waals surface area contributed by atoms with Crippen molar-refractivity contribution in [2.24, 2.45) is 5.92 Å².